The number of fused-ring (bicyclic) bond motifs is 1. The highest BCUT2D eigenvalue weighted by Gasteiger charge is 2.17. The first kappa shape index (κ1) is 14.7. The summed E-state index contributed by atoms with van der Waals surface area (Å²) in [5.41, 5.74) is 3.51. The number of benzene rings is 1. The van der Waals surface area contributed by atoms with Gasteiger partial charge in [-0.15, -0.1) is 22.7 Å². The number of carbonyl (C=O) groups is 2. The zero-order valence-corrected chi connectivity index (χ0v) is 13.3. The molecule has 0 aliphatic heterocycles. The smallest absolute Gasteiger partial charge is 0.341 e. The molecule has 0 unspecified atom stereocenters. The quantitative estimate of drug-likeness (QED) is 0.738. The van der Waals surface area contributed by atoms with Gasteiger partial charge in [0.25, 0.3) is 5.91 Å². The zero-order chi connectivity index (χ0) is 15.5. The number of rotatable bonds is 4. The molecule has 1 amide bonds. The molecule has 7 heteroatoms. The third-order valence-corrected chi connectivity index (χ3v) is 4.60. The van der Waals surface area contributed by atoms with Crippen LogP contribution in [0.15, 0.2) is 35.2 Å². The van der Waals surface area contributed by atoms with E-state index in [1.807, 2.05) is 0 Å². The molecule has 0 saturated heterocycles. The van der Waals surface area contributed by atoms with Gasteiger partial charge in [-0.2, -0.15) is 0 Å². The summed E-state index contributed by atoms with van der Waals surface area (Å²) in [5.74, 6) is -0.694. The van der Waals surface area contributed by atoms with Gasteiger partial charge in [-0.1, -0.05) is 0 Å². The van der Waals surface area contributed by atoms with Crippen molar-refractivity contribution in [2.75, 3.05) is 11.9 Å². The van der Waals surface area contributed by atoms with Gasteiger partial charge in [-0.3, -0.25) is 4.79 Å². The number of thiazole rings is 1. The van der Waals surface area contributed by atoms with Crippen LogP contribution in [0.3, 0.4) is 0 Å². The minimum absolute atomic E-state index is 0.261. The second-order valence-electron chi connectivity index (χ2n) is 4.37. The number of hydrogen-bond acceptors (Lipinski definition) is 6. The lowest BCUT2D eigenvalue weighted by molar-refractivity contribution is 0.0528. The van der Waals surface area contributed by atoms with E-state index >= 15 is 0 Å². The predicted octanol–water partition coefficient (Wildman–Crippen LogP) is 3.79. The van der Waals surface area contributed by atoms with E-state index in [0.717, 1.165) is 10.2 Å². The fourth-order valence-corrected chi connectivity index (χ4v) is 3.43. The minimum Gasteiger partial charge on any atom is -0.462 e. The summed E-state index contributed by atoms with van der Waals surface area (Å²) < 4.78 is 5.92. The highest BCUT2D eigenvalue weighted by molar-refractivity contribution is 7.16. The number of hydrogen-bond donors (Lipinski definition) is 1. The van der Waals surface area contributed by atoms with Crippen molar-refractivity contribution in [1.29, 1.82) is 0 Å². The maximum atomic E-state index is 12.3. The molecule has 0 fully saturated rings. The molecule has 0 bridgehead atoms. The van der Waals surface area contributed by atoms with Gasteiger partial charge in [0.1, 0.15) is 5.00 Å². The second-order valence-corrected chi connectivity index (χ2v) is 6.18. The monoisotopic (exact) mass is 332 g/mol. The molecule has 0 saturated carbocycles. The predicted molar refractivity (Wildman–Crippen MR) is 87.8 cm³/mol. The van der Waals surface area contributed by atoms with E-state index in [2.05, 4.69) is 10.3 Å². The summed E-state index contributed by atoms with van der Waals surface area (Å²) in [5, 5.41) is 5.00. The molecule has 3 rings (SSSR count). The molecule has 0 spiro atoms. The fraction of sp³-hybridized carbons (Fsp3) is 0.133. The normalized spacial score (nSPS) is 10.6. The van der Waals surface area contributed by atoms with Crippen LogP contribution in [0.1, 0.15) is 27.6 Å². The molecule has 0 radical (unpaired) electrons. The molecule has 2 aromatic heterocycles. The SMILES string of the molecule is CCOC(=O)c1ccsc1NC(=O)c1ccc2ncsc2c1. The maximum Gasteiger partial charge on any atom is 0.341 e. The van der Waals surface area contributed by atoms with Gasteiger partial charge in [-0.25, -0.2) is 9.78 Å². The van der Waals surface area contributed by atoms with Crippen LogP contribution in [0.25, 0.3) is 10.2 Å². The number of nitrogens with one attached hydrogen (secondary N) is 1. The van der Waals surface area contributed by atoms with E-state index in [1.165, 1.54) is 22.7 Å². The Labute approximate surface area is 134 Å². The standard InChI is InChI=1S/C15H12N2O3S2/c1-2-20-15(19)10-5-6-21-14(10)17-13(18)9-3-4-11-12(7-9)22-8-16-11/h3-8H,2H2,1H3,(H,17,18). The van der Waals surface area contributed by atoms with Gasteiger partial charge in [0.2, 0.25) is 0 Å². The minimum atomic E-state index is -0.433. The van der Waals surface area contributed by atoms with Crippen molar-refractivity contribution in [3.8, 4) is 0 Å². The molecule has 112 valence electrons. The molecule has 5 nitrogen and oxygen atoms in total. The lowest BCUT2D eigenvalue weighted by atomic mass is 10.2. The molecule has 1 N–H and O–H groups in total. The Morgan fingerprint density at radius 2 is 2.14 bits per heavy atom. The van der Waals surface area contributed by atoms with Gasteiger partial charge in [0.15, 0.2) is 0 Å². The topological polar surface area (TPSA) is 68.3 Å². The van der Waals surface area contributed by atoms with Gasteiger partial charge in [0, 0.05) is 5.56 Å². The molecule has 1 aromatic carbocycles. The van der Waals surface area contributed by atoms with Crippen molar-refractivity contribution in [2.24, 2.45) is 0 Å². The van der Waals surface area contributed by atoms with Crippen LogP contribution in [0, 0.1) is 0 Å². The van der Waals surface area contributed by atoms with Gasteiger partial charge >= 0.3 is 5.97 Å². The summed E-state index contributed by atoms with van der Waals surface area (Å²) >= 11 is 2.77. The molecule has 2 heterocycles. The Morgan fingerprint density at radius 1 is 1.27 bits per heavy atom. The van der Waals surface area contributed by atoms with Crippen LogP contribution >= 0.6 is 22.7 Å². The summed E-state index contributed by atoms with van der Waals surface area (Å²) in [6.07, 6.45) is 0. The molecular weight excluding hydrogens is 320 g/mol. The van der Waals surface area contributed by atoms with Crippen LogP contribution < -0.4 is 5.32 Å². The van der Waals surface area contributed by atoms with Crippen molar-refractivity contribution in [3.63, 3.8) is 0 Å². The van der Waals surface area contributed by atoms with E-state index in [0.29, 0.717) is 22.7 Å². The fourth-order valence-electron chi connectivity index (χ4n) is 1.95. The van der Waals surface area contributed by atoms with E-state index in [-0.39, 0.29) is 5.91 Å². The van der Waals surface area contributed by atoms with E-state index in [9.17, 15) is 9.59 Å². The van der Waals surface area contributed by atoms with Gasteiger partial charge in [-0.05, 0) is 36.6 Å². The molecule has 0 atom stereocenters. The van der Waals surface area contributed by atoms with Crippen molar-refractivity contribution < 1.29 is 14.3 Å². The number of ether oxygens (including phenoxy) is 1. The van der Waals surface area contributed by atoms with Crippen LogP contribution in [0.5, 0.6) is 0 Å². The largest absolute Gasteiger partial charge is 0.462 e. The number of amides is 1. The van der Waals surface area contributed by atoms with Crippen molar-refractivity contribution >= 4 is 49.8 Å². The van der Waals surface area contributed by atoms with Crippen LogP contribution in [-0.4, -0.2) is 23.5 Å². The van der Waals surface area contributed by atoms with Crippen LogP contribution in [0.2, 0.25) is 0 Å². The average Bonchev–Trinajstić information content (AvgIpc) is 3.15. The molecule has 0 aliphatic carbocycles. The first-order valence-corrected chi connectivity index (χ1v) is 8.34. The molecule has 3 aromatic rings. The lowest BCUT2D eigenvalue weighted by Gasteiger charge is -2.06. The Balaban J connectivity index is 1.82. The summed E-state index contributed by atoms with van der Waals surface area (Å²) in [7, 11) is 0. The number of esters is 1. The Kier molecular flexibility index (Phi) is 4.17. The summed E-state index contributed by atoms with van der Waals surface area (Å²) in [6, 6.07) is 6.96. The Bertz CT molecular complexity index is 838. The highest BCUT2D eigenvalue weighted by Crippen LogP contribution is 2.25. The Hall–Kier alpha value is -2.25. The summed E-state index contributed by atoms with van der Waals surface area (Å²) in [4.78, 5) is 28.3. The van der Waals surface area contributed by atoms with Gasteiger partial charge < -0.3 is 10.1 Å². The zero-order valence-electron chi connectivity index (χ0n) is 11.7. The lowest BCUT2D eigenvalue weighted by Crippen LogP contribution is -2.14. The maximum absolute atomic E-state index is 12.3. The third-order valence-electron chi connectivity index (χ3n) is 2.98. The van der Waals surface area contributed by atoms with Crippen LogP contribution in [0.4, 0.5) is 5.00 Å². The van der Waals surface area contributed by atoms with Crippen molar-refractivity contribution in [1.82, 2.24) is 4.98 Å². The number of carbonyl (C=O) groups excluding carboxylic acids is 2. The highest BCUT2D eigenvalue weighted by atomic mass is 32.1. The number of aromatic nitrogens is 1. The van der Waals surface area contributed by atoms with E-state index in [4.69, 9.17) is 4.74 Å². The second kappa shape index (κ2) is 6.25. The average molecular weight is 332 g/mol. The first-order valence-electron chi connectivity index (χ1n) is 6.58. The molecule has 22 heavy (non-hydrogen) atoms. The van der Waals surface area contributed by atoms with E-state index < -0.39 is 5.97 Å². The molecular formula is C15H12N2O3S2. The first-order chi connectivity index (χ1) is 10.7. The van der Waals surface area contributed by atoms with Crippen molar-refractivity contribution in [3.05, 3.63) is 46.3 Å². The number of nitrogens with zero attached hydrogens (tertiary/aromatic N) is 1. The number of anilines is 1. The summed E-state index contributed by atoms with van der Waals surface area (Å²) in [6.45, 7) is 2.04. The van der Waals surface area contributed by atoms with Gasteiger partial charge in [0.05, 0.1) is 27.9 Å². The van der Waals surface area contributed by atoms with E-state index in [1.54, 1.807) is 42.1 Å². The van der Waals surface area contributed by atoms with Crippen LogP contribution in [-0.2, 0) is 4.74 Å². The van der Waals surface area contributed by atoms with Crippen molar-refractivity contribution in [2.45, 2.75) is 6.92 Å². The molecule has 0 aliphatic rings. The number of thiophene rings is 1. The third kappa shape index (κ3) is 2.86. The Morgan fingerprint density at radius 3 is 2.95 bits per heavy atom.